The maximum absolute atomic E-state index is 13.1. The van der Waals surface area contributed by atoms with Crippen LogP contribution in [-0.2, 0) is 6.18 Å². The van der Waals surface area contributed by atoms with Crippen LogP contribution in [-0.4, -0.2) is 4.98 Å². The Kier molecular flexibility index (Phi) is 2.94. The lowest BCUT2D eigenvalue weighted by atomic mass is 10.0. The molecule has 0 amide bonds. The van der Waals surface area contributed by atoms with Gasteiger partial charge in [0.1, 0.15) is 5.82 Å². The molecule has 18 heavy (non-hydrogen) atoms. The number of pyridine rings is 1. The molecule has 0 radical (unpaired) electrons. The molecule has 94 valence electrons. The summed E-state index contributed by atoms with van der Waals surface area (Å²) in [5.74, 6) is -1.34. The van der Waals surface area contributed by atoms with Gasteiger partial charge in [0.2, 0.25) is 5.56 Å². The van der Waals surface area contributed by atoms with E-state index in [4.69, 9.17) is 0 Å². The van der Waals surface area contributed by atoms with E-state index in [0.29, 0.717) is 11.6 Å². The highest BCUT2D eigenvalue weighted by Gasteiger charge is 2.34. The Morgan fingerprint density at radius 2 is 1.67 bits per heavy atom. The average molecular weight is 257 g/mol. The summed E-state index contributed by atoms with van der Waals surface area (Å²) < 4.78 is 50.6. The van der Waals surface area contributed by atoms with Crippen molar-refractivity contribution in [2.24, 2.45) is 0 Å². The first-order chi connectivity index (χ1) is 8.38. The van der Waals surface area contributed by atoms with Gasteiger partial charge in [0.25, 0.3) is 0 Å². The SMILES string of the molecule is O=c1cc(-c2ccc(F)c(C(F)(F)F)c2)cc[nH]1. The molecule has 1 heterocycles. The molecule has 0 saturated heterocycles. The van der Waals surface area contributed by atoms with E-state index in [1.54, 1.807) is 0 Å². The van der Waals surface area contributed by atoms with Gasteiger partial charge in [0.05, 0.1) is 5.56 Å². The molecule has 2 aromatic rings. The second kappa shape index (κ2) is 4.29. The summed E-state index contributed by atoms with van der Waals surface area (Å²) in [4.78, 5) is 13.4. The second-order valence-electron chi connectivity index (χ2n) is 3.63. The highest BCUT2D eigenvalue weighted by molar-refractivity contribution is 5.63. The monoisotopic (exact) mass is 257 g/mol. The molecule has 0 bridgehead atoms. The zero-order chi connectivity index (χ0) is 13.3. The third-order valence-corrected chi connectivity index (χ3v) is 2.38. The number of aromatic amines is 1. The fraction of sp³-hybridized carbons (Fsp3) is 0.0833. The number of nitrogens with one attached hydrogen (secondary N) is 1. The van der Waals surface area contributed by atoms with E-state index < -0.39 is 23.1 Å². The number of H-pyrrole nitrogens is 1. The van der Waals surface area contributed by atoms with Crippen LogP contribution in [0.1, 0.15) is 5.56 Å². The van der Waals surface area contributed by atoms with Crippen molar-refractivity contribution in [2.45, 2.75) is 6.18 Å². The molecule has 1 aromatic heterocycles. The van der Waals surface area contributed by atoms with E-state index in [9.17, 15) is 22.4 Å². The number of rotatable bonds is 1. The topological polar surface area (TPSA) is 32.9 Å². The molecule has 0 aliphatic heterocycles. The normalized spacial score (nSPS) is 11.6. The van der Waals surface area contributed by atoms with Crippen LogP contribution in [0.5, 0.6) is 0 Å². The smallest absolute Gasteiger partial charge is 0.329 e. The summed E-state index contributed by atoms with van der Waals surface area (Å²) in [7, 11) is 0. The molecule has 0 fully saturated rings. The van der Waals surface area contributed by atoms with Crippen LogP contribution >= 0.6 is 0 Å². The number of benzene rings is 1. The summed E-state index contributed by atoms with van der Waals surface area (Å²) in [5.41, 5.74) is -1.36. The molecule has 0 saturated carbocycles. The maximum Gasteiger partial charge on any atom is 0.419 e. The lowest BCUT2D eigenvalue weighted by Gasteiger charge is -2.10. The van der Waals surface area contributed by atoms with Gasteiger partial charge >= 0.3 is 6.18 Å². The standard InChI is InChI=1S/C12H7F4NO/c13-10-2-1-7(5-9(10)12(14,15)16)8-3-4-17-11(18)6-8/h1-6H,(H,17,18). The van der Waals surface area contributed by atoms with E-state index in [1.165, 1.54) is 18.3 Å². The van der Waals surface area contributed by atoms with Gasteiger partial charge in [-0.15, -0.1) is 0 Å². The van der Waals surface area contributed by atoms with Gasteiger partial charge in [-0.05, 0) is 29.3 Å². The number of hydrogen-bond acceptors (Lipinski definition) is 1. The Hall–Kier alpha value is -2.11. The highest BCUT2D eigenvalue weighted by atomic mass is 19.4. The van der Waals surface area contributed by atoms with E-state index >= 15 is 0 Å². The predicted molar refractivity (Wildman–Crippen MR) is 57.5 cm³/mol. The molecule has 0 aliphatic rings. The number of aromatic nitrogens is 1. The van der Waals surface area contributed by atoms with E-state index in [1.807, 2.05) is 0 Å². The third-order valence-electron chi connectivity index (χ3n) is 2.38. The van der Waals surface area contributed by atoms with Gasteiger partial charge in [-0.3, -0.25) is 4.79 Å². The van der Waals surface area contributed by atoms with E-state index in [2.05, 4.69) is 4.98 Å². The number of alkyl halides is 3. The number of hydrogen-bond donors (Lipinski definition) is 1. The molecule has 2 nitrogen and oxygen atoms in total. The van der Waals surface area contributed by atoms with Crippen molar-refractivity contribution in [3.63, 3.8) is 0 Å². The largest absolute Gasteiger partial charge is 0.419 e. The van der Waals surface area contributed by atoms with Crippen LogP contribution in [0.4, 0.5) is 17.6 Å². The second-order valence-corrected chi connectivity index (χ2v) is 3.63. The molecule has 1 N–H and O–H groups in total. The van der Waals surface area contributed by atoms with Crippen molar-refractivity contribution in [3.05, 3.63) is 58.3 Å². The van der Waals surface area contributed by atoms with Crippen LogP contribution in [0.15, 0.2) is 41.3 Å². The van der Waals surface area contributed by atoms with Crippen LogP contribution in [0.25, 0.3) is 11.1 Å². The lowest BCUT2D eigenvalue weighted by molar-refractivity contribution is -0.139. The zero-order valence-corrected chi connectivity index (χ0v) is 8.88. The summed E-state index contributed by atoms with van der Waals surface area (Å²) in [6, 6.07) is 5.20. The molecule has 0 spiro atoms. The molecule has 2 rings (SSSR count). The van der Waals surface area contributed by atoms with E-state index in [0.717, 1.165) is 12.1 Å². The maximum atomic E-state index is 13.1. The van der Waals surface area contributed by atoms with Gasteiger partial charge in [0, 0.05) is 12.3 Å². The van der Waals surface area contributed by atoms with Crippen LogP contribution in [0, 0.1) is 5.82 Å². The first-order valence-electron chi connectivity index (χ1n) is 4.94. The quantitative estimate of drug-likeness (QED) is 0.782. The molecule has 0 unspecified atom stereocenters. The Labute approximate surface area is 98.9 Å². The van der Waals surface area contributed by atoms with Gasteiger partial charge < -0.3 is 4.98 Å². The minimum absolute atomic E-state index is 0.134. The van der Waals surface area contributed by atoms with E-state index in [-0.39, 0.29) is 5.56 Å². The lowest BCUT2D eigenvalue weighted by Crippen LogP contribution is -2.08. The molecule has 6 heteroatoms. The Morgan fingerprint density at radius 3 is 2.28 bits per heavy atom. The van der Waals surface area contributed by atoms with Gasteiger partial charge in [-0.1, -0.05) is 6.07 Å². The number of halogens is 4. The minimum Gasteiger partial charge on any atom is -0.329 e. The third kappa shape index (κ3) is 2.42. The Bertz CT molecular complexity index is 630. The summed E-state index contributed by atoms with van der Waals surface area (Å²) in [6.45, 7) is 0. The first-order valence-corrected chi connectivity index (χ1v) is 4.94. The fourth-order valence-corrected chi connectivity index (χ4v) is 1.55. The molecular formula is C12H7F4NO. The molecule has 0 aliphatic carbocycles. The summed E-state index contributed by atoms with van der Waals surface area (Å²) in [6.07, 6.45) is -3.45. The van der Waals surface area contributed by atoms with Crippen molar-refractivity contribution in [2.75, 3.05) is 0 Å². The molecular weight excluding hydrogens is 250 g/mol. The summed E-state index contributed by atoms with van der Waals surface area (Å²) in [5, 5.41) is 0. The van der Waals surface area contributed by atoms with Crippen molar-refractivity contribution >= 4 is 0 Å². The van der Waals surface area contributed by atoms with Crippen molar-refractivity contribution in [1.82, 2.24) is 4.98 Å². The van der Waals surface area contributed by atoms with Gasteiger partial charge in [-0.25, -0.2) is 4.39 Å². The zero-order valence-electron chi connectivity index (χ0n) is 8.88. The van der Waals surface area contributed by atoms with Crippen LogP contribution < -0.4 is 5.56 Å². The van der Waals surface area contributed by atoms with Crippen molar-refractivity contribution < 1.29 is 17.6 Å². The highest BCUT2D eigenvalue weighted by Crippen LogP contribution is 2.33. The van der Waals surface area contributed by atoms with Crippen molar-refractivity contribution in [1.29, 1.82) is 0 Å². The average Bonchev–Trinajstić information content (AvgIpc) is 2.28. The molecule has 0 atom stereocenters. The minimum atomic E-state index is -4.76. The van der Waals surface area contributed by atoms with Gasteiger partial charge in [0.15, 0.2) is 0 Å². The van der Waals surface area contributed by atoms with Gasteiger partial charge in [-0.2, -0.15) is 13.2 Å². The summed E-state index contributed by atoms with van der Waals surface area (Å²) >= 11 is 0. The van der Waals surface area contributed by atoms with Crippen molar-refractivity contribution in [3.8, 4) is 11.1 Å². The molecule has 1 aromatic carbocycles. The Balaban J connectivity index is 2.58. The Morgan fingerprint density at radius 1 is 1.00 bits per heavy atom. The first kappa shape index (κ1) is 12.3. The van der Waals surface area contributed by atoms with Crippen LogP contribution in [0.3, 0.4) is 0 Å². The fourth-order valence-electron chi connectivity index (χ4n) is 1.55. The van der Waals surface area contributed by atoms with Crippen LogP contribution in [0.2, 0.25) is 0 Å². The predicted octanol–water partition coefficient (Wildman–Crippen LogP) is 3.20.